The van der Waals surface area contributed by atoms with E-state index in [1.807, 2.05) is 19.9 Å². The van der Waals surface area contributed by atoms with E-state index in [0.29, 0.717) is 11.5 Å². The Bertz CT molecular complexity index is 844. The molecule has 1 aromatic carbocycles. The van der Waals surface area contributed by atoms with Gasteiger partial charge in [0.25, 0.3) is 5.69 Å². The number of non-ortho nitro benzene ring substituents is 1. The third-order valence-electron chi connectivity index (χ3n) is 3.14. The van der Waals surface area contributed by atoms with Gasteiger partial charge in [-0.3, -0.25) is 10.1 Å². The van der Waals surface area contributed by atoms with Gasteiger partial charge in [-0.1, -0.05) is 6.07 Å². The van der Waals surface area contributed by atoms with Gasteiger partial charge in [-0.05, 0) is 25.5 Å². The maximum absolute atomic E-state index is 10.9. The molecule has 0 fully saturated rings. The predicted octanol–water partition coefficient (Wildman–Crippen LogP) is 3.96. The van der Waals surface area contributed by atoms with Crippen LogP contribution in [-0.2, 0) is 0 Å². The number of hydrogen-bond acceptors (Lipinski definition) is 6. The van der Waals surface area contributed by atoms with Crippen molar-refractivity contribution < 1.29 is 4.92 Å². The third-order valence-corrected chi connectivity index (χ3v) is 4.10. The van der Waals surface area contributed by atoms with Crippen molar-refractivity contribution in [3.63, 3.8) is 0 Å². The molecule has 0 aliphatic heterocycles. The third kappa shape index (κ3) is 2.55. The highest BCUT2D eigenvalue weighted by molar-refractivity contribution is 7.18. The van der Waals surface area contributed by atoms with E-state index in [1.54, 1.807) is 17.4 Å². The lowest BCUT2D eigenvalue weighted by molar-refractivity contribution is -0.384. The van der Waals surface area contributed by atoms with Crippen LogP contribution in [0.5, 0.6) is 0 Å². The Labute approximate surface area is 124 Å². The molecule has 0 radical (unpaired) electrons. The van der Waals surface area contributed by atoms with Crippen molar-refractivity contribution in [1.82, 2.24) is 9.97 Å². The number of nitrogens with one attached hydrogen (secondary N) is 1. The average Bonchev–Trinajstić information content (AvgIpc) is 2.82. The molecule has 0 amide bonds. The average molecular weight is 300 g/mol. The zero-order chi connectivity index (χ0) is 15.0. The monoisotopic (exact) mass is 300 g/mol. The highest BCUT2D eigenvalue weighted by Crippen LogP contribution is 2.31. The van der Waals surface area contributed by atoms with Crippen LogP contribution in [0.3, 0.4) is 0 Å². The molecule has 0 spiro atoms. The lowest BCUT2D eigenvalue weighted by Crippen LogP contribution is -1.98. The first kappa shape index (κ1) is 13.4. The number of thiophene rings is 1. The second kappa shape index (κ2) is 5.10. The van der Waals surface area contributed by atoms with Gasteiger partial charge in [-0.25, -0.2) is 9.97 Å². The van der Waals surface area contributed by atoms with Crippen LogP contribution in [0, 0.1) is 24.0 Å². The lowest BCUT2D eigenvalue weighted by Gasteiger charge is -2.09. The number of anilines is 2. The van der Waals surface area contributed by atoms with Crippen molar-refractivity contribution in [2.75, 3.05) is 5.32 Å². The van der Waals surface area contributed by atoms with Crippen LogP contribution in [0.2, 0.25) is 0 Å². The van der Waals surface area contributed by atoms with Crippen LogP contribution >= 0.6 is 11.3 Å². The molecule has 0 saturated heterocycles. The Balaban J connectivity index is 2.06. The highest BCUT2D eigenvalue weighted by atomic mass is 32.1. The molecule has 0 aliphatic carbocycles. The van der Waals surface area contributed by atoms with Crippen LogP contribution in [0.4, 0.5) is 17.2 Å². The van der Waals surface area contributed by atoms with Gasteiger partial charge in [0.05, 0.1) is 10.3 Å². The quantitative estimate of drug-likeness (QED) is 0.585. The largest absolute Gasteiger partial charge is 0.339 e. The van der Waals surface area contributed by atoms with Crippen molar-refractivity contribution in [2.45, 2.75) is 13.8 Å². The van der Waals surface area contributed by atoms with Crippen molar-refractivity contribution in [3.05, 3.63) is 51.1 Å². The van der Waals surface area contributed by atoms with Crippen LogP contribution in [0.15, 0.2) is 30.6 Å². The topological polar surface area (TPSA) is 81.0 Å². The number of benzene rings is 1. The summed E-state index contributed by atoms with van der Waals surface area (Å²) in [6.07, 6.45) is 1.49. The SMILES string of the molecule is Cc1cc2c(Nc3cc([N+](=O)[O-])ccc3C)ncnc2s1. The summed E-state index contributed by atoms with van der Waals surface area (Å²) in [6, 6.07) is 6.74. The van der Waals surface area contributed by atoms with Crippen molar-refractivity contribution in [3.8, 4) is 0 Å². The summed E-state index contributed by atoms with van der Waals surface area (Å²) in [6.45, 7) is 3.90. The predicted molar refractivity (Wildman–Crippen MR) is 83.3 cm³/mol. The molecule has 1 N–H and O–H groups in total. The van der Waals surface area contributed by atoms with E-state index in [-0.39, 0.29) is 5.69 Å². The van der Waals surface area contributed by atoms with E-state index in [9.17, 15) is 10.1 Å². The Morgan fingerprint density at radius 2 is 2.05 bits per heavy atom. The number of nitrogens with zero attached hydrogens (tertiary/aromatic N) is 3. The maximum atomic E-state index is 10.9. The molecule has 6 nitrogen and oxygen atoms in total. The fourth-order valence-electron chi connectivity index (χ4n) is 2.06. The molecule has 3 rings (SSSR count). The highest BCUT2D eigenvalue weighted by Gasteiger charge is 2.12. The molecule has 106 valence electrons. The molecule has 2 aromatic heterocycles. The molecule has 0 saturated carbocycles. The molecule has 21 heavy (non-hydrogen) atoms. The summed E-state index contributed by atoms with van der Waals surface area (Å²) >= 11 is 1.59. The van der Waals surface area contributed by atoms with Crippen molar-refractivity contribution in [2.24, 2.45) is 0 Å². The Morgan fingerprint density at radius 3 is 2.81 bits per heavy atom. The molecule has 0 unspecified atom stereocenters. The minimum Gasteiger partial charge on any atom is -0.339 e. The fraction of sp³-hybridized carbons (Fsp3) is 0.143. The van der Waals surface area contributed by atoms with Gasteiger partial charge in [-0.2, -0.15) is 0 Å². The van der Waals surface area contributed by atoms with Gasteiger partial charge in [0.1, 0.15) is 17.0 Å². The van der Waals surface area contributed by atoms with Gasteiger partial charge in [0.2, 0.25) is 0 Å². The lowest BCUT2D eigenvalue weighted by atomic mass is 10.2. The fourth-order valence-corrected chi connectivity index (χ4v) is 2.91. The van der Waals surface area contributed by atoms with E-state index < -0.39 is 4.92 Å². The Hall–Kier alpha value is -2.54. The number of aromatic nitrogens is 2. The summed E-state index contributed by atoms with van der Waals surface area (Å²) in [5.74, 6) is 0.660. The van der Waals surface area contributed by atoms with E-state index in [2.05, 4.69) is 15.3 Å². The van der Waals surface area contributed by atoms with Crippen LogP contribution in [-0.4, -0.2) is 14.9 Å². The first-order chi connectivity index (χ1) is 10.0. The van der Waals surface area contributed by atoms with Crippen molar-refractivity contribution in [1.29, 1.82) is 0 Å². The minimum absolute atomic E-state index is 0.0508. The van der Waals surface area contributed by atoms with Crippen LogP contribution < -0.4 is 5.32 Å². The Kier molecular flexibility index (Phi) is 3.26. The van der Waals surface area contributed by atoms with E-state index in [0.717, 1.165) is 20.7 Å². The molecule has 0 aliphatic rings. The normalized spacial score (nSPS) is 10.8. The Morgan fingerprint density at radius 1 is 1.24 bits per heavy atom. The van der Waals surface area contributed by atoms with E-state index >= 15 is 0 Å². The zero-order valence-corrected chi connectivity index (χ0v) is 12.3. The molecule has 7 heteroatoms. The van der Waals surface area contributed by atoms with Gasteiger partial charge >= 0.3 is 0 Å². The van der Waals surface area contributed by atoms with Crippen LogP contribution in [0.25, 0.3) is 10.2 Å². The number of nitro benzene ring substituents is 1. The number of rotatable bonds is 3. The first-order valence-electron chi connectivity index (χ1n) is 6.28. The van der Waals surface area contributed by atoms with Gasteiger partial charge < -0.3 is 5.32 Å². The summed E-state index contributed by atoms with van der Waals surface area (Å²) < 4.78 is 0. The second-order valence-electron chi connectivity index (χ2n) is 4.68. The minimum atomic E-state index is -0.408. The second-order valence-corrected chi connectivity index (χ2v) is 5.91. The summed E-state index contributed by atoms with van der Waals surface area (Å²) in [5.41, 5.74) is 1.64. The summed E-state index contributed by atoms with van der Waals surface area (Å²) in [7, 11) is 0. The van der Waals surface area contributed by atoms with Gasteiger partial charge in [-0.15, -0.1) is 11.3 Å². The summed E-state index contributed by atoms with van der Waals surface area (Å²) in [4.78, 5) is 21.0. The molecular weight excluding hydrogens is 288 g/mol. The number of fused-ring (bicyclic) bond motifs is 1. The smallest absolute Gasteiger partial charge is 0.271 e. The van der Waals surface area contributed by atoms with Crippen molar-refractivity contribution >= 4 is 38.7 Å². The molecule has 2 heterocycles. The molecule has 3 aromatic rings. The molecule has 0 bridgehead atoms. The van der Waals surface area contributed by atoms with E-state index in [4.69, 9.17) is 0 Å². The maximum Gasteiger partial charge on any atom is 0.271 e. The first-order valence-corrected chi connectivity index (χ1v) is 7.09. The number of hydrogen-bond donors (Lipinski definition) is 1. The summed E-state index contributed by atoms with van der Waals surface area (Å²) in [5, 5.41) is 15.0. The molecule has 0 atom stereocenters. The zero-order valence-electron chi connectivity index (χ0n) is 11.5. The molecular formula is C14H12N4O2S. The number of aryl methyl sites for hydroxylation is 2. The number of nitro groups is 1. The van der Waals surface area contributed by atoms with Gasteiger partial charge in [0, 0.05) is 22.7 Å². The standard InChI is InChI=1S/C14H12N4O2S/c1-8-3-4-10(18(19)20)6-12(8)17-13-11-5-9(2)21-14(11)16-7-15-13/h3-7H,1-2H3,(H,15,16,17). The van der Waals surface area contributed by atoms with E-state index in [1.165, 1.54) is 18.5 Å². The van der Waals surface area contributed by atoms with Crippen LogP contribution in [0.1, 0.15) is 10.4 Å². The van der Waals surface area contributed by atoms with Gasteiger partial charge in [0.15, 0.2) is 0 Å².